The van der Waals surface area contributed by atoms with Gasteiger partial charge in [0.05, 0.1) is 0 Å². The van der Waals surface area contributed by atoms with Crippen LogP contribution in [0.2, 0.25) is 0 Å². The molecule has 0 N–H and O–H groups in total. The van der Waals surface area contributed by atoms with Crippen molar-refractivity contribution in [2.24, 2.45) is 0 Å². The average Bonchev–Trinajstić information content (AvgIpc) is 1.30. The molecule has 0 rings (SSSR count). The van der Waals surface area contributed by atoms with Crippen molar-refractivity contribution in [3.05, 3.63) is 0 Å². The molecule has 0 heterocycles. The van der Waals surface area contributed by atoms with E-state index in [1.54, 1.807) is 0 Å². The zero-order chi connectivity index (χ0) is 8.41. The first-order valence-electron chi connectivity index (χ1n) is 1.27. The maximum absolute atomic E-state index is 6.50. The predicted octanol–water partition coefficient (Wildman–Crippen LogP) is 5.25. The minimum absolute atomic E-state index is 0. The van der Waals surface area contributed by atoms with Crippen LogP contribution in [0.4, 0.5) is 0 Å². The molecule has 58 valence electrons. The molecular weight excluding hydrogens is 270 g/mol. The van der Waals surface area contributed by atoms with Crippen molar-refractivity contribution in [3.63, 3.8) is 0 Å². The van der Waals surface area contributed by atoms with Crippen molar-refractivity contribution >= 4 is 69.5 Å². The number of nitriles is 1. The summed E-state index contributed by atoms with van der Waals surface area (Å²) in [5.41, 5.74) is 0. The third-order valence-electron chi connectivity index (χ3n) is 0. The Morgan fingerprint density at radius 1 is 0.889 bits per heavy atom. The molecule has 8 heteroatoms. The summed E-state index contributed by atoms with van der Waals surface area (Å²) in [5, 5.41) is 6.50. The SMILES string of the molecule is C#N.Cl[P-](Cl)(Cl)(Cl)(Cl)Cl.[H+]. The van der Waals surface area contributed by atoms with Crippen LogP contribution < -0.4 is 0 Å². The fraction of sp³-hybridized carbons (Fsp3) is 0. The molecule has 9 heavy (non-hydrogen) atoms. The Morgan fingerprint density at radius 3 is 0.889 bits per heavy atom. The molecule has 0 fully saturated rings. The van der Waals surface area contributed by atoms with Gasteiger partial charge in [0.1, 0.15) is 0 Å². The zero-order valence-corrected chi connectivity index (χ0v) is 9.17. The average molecular weight is 272 g/mol. The Labute approximate surface area is 82.5 Å². The van der Waals surface area contributed by atoms with Gasteiger partial charge in [-0.25, -0.2) is 5.26 Å². The molecule has 0 aromatic rings. The standard InChI is InChI=1S/CHN.Cl6P/c1-2;1-7(2,3,4,5)6/h1H;/q;-1/p+1. The van der Waals surface area contributed by atoms with Gasteiger partial charge in [-0.3, -0.25) is 0 Å². The van der Waals surface area contributed by atoms with Gasteiger partial charge in [0.25, 0.3) is 0 Å². The molecule has 0 bridgehead atoms. The van der Waals surface area contributed by atoms with E-state index in [1.165, 1.54) is 0 Å². The number of halogens is 6. The van der Waals surface area contributed by atoms with Gasteiger partial charge in [0, 0.05) is 6.57 Å². The minimum Gasteiger partial charge on any atom is 1.00 e. The van der Waals surface area contributed by atoms with Crippen LogP contribution in [0, 0.1) is 11.8 Å². The fourth-order valence-corrected chi connectivity index (χ4v) is 0. The first kappa shape index (κ1) is 13.3. The number of hydrogen-bond donors (Lipinski definition) is 0. The zero-order valence-electron chi connectivity index (χ0n) is 4.74. The molecule has 0 aliphatic carbocycles. The van der Waals surface area contributed by atoms with Crippen molar-refractivity contribution < 1.29 is 1.43 Å². The molecular formula is CH2Cl6NP. The third-order valence-corrected chi connectivity index (χ3v) is 0. The largest absolute Gasteiger partial charge is 1.00 e. The van der Waals surface area contributed by atoms with Gasteiger partial charge < -0.3 is 0 Å². The molecule has 0 spiro atoms. The van der Waals surface area contributed by atoms with E-state index >= 15 is 0 Å². The smallest absolute Gasteiger partial charge is 1.00 e. The van der Waals surface area contributed by atoms with E-state index in [9.17, 15) is 0 Å². The van der Waals surface area contributed by atoms with Crippen molar-refractivity contribution in [2.75, 3.05) is 0 Å². The van der Waals surface area contributed by atoms with E-state index in [0.717, 1.165) is 0 Å². The Morgan fingerprint density at radius 2 is 0.889 bits per heavy atom. The molecule has 0 saturated carbocycles. The minimum atomic E-state index is -4.82. The van der Waals surface area contributed by atoms with Gasteiger partial charge in [-0.05, 0) is 0 Å². The van der Waals surface area contributed by atoms with Gasteiger partial charge >= 0.3 is 70.9 Å². The summed E-state index contributed by atoms with van der Waals surface area (Å²) < 4.78 is -4.82. The van der Waals surface area contributed by atoms with Gasteiger partial charge in [-0.2, -0.15) is 0 Å². The molecule has 1 nitrogen and oxygen atoms in total. The molecule has 0 unspecified atom stereocenters. The van der Waals surface area contributed by atoms with Crippen molar-refractivity contribution in [3.8, 4) is 6.57 Å². The quantitative estimate of drug-likeness (QED) is 0.552. The summed E-state index contributed by atoms with van der Waals surface area (Å²) >= 11 is 30.0. The summed E-state index contributed by atoms with van der Waals surface area (Å²) in [4.78, 5) is 0. The summed E-state index contributed by atoms with van der Waals surface area (Å²) in [6.45, 7) is 3.50. The van der Waals surface area contributed by atoms with Crippen LogP contribution in [0.25, 0.3) is 0 Å². The first-order valence-corrected chi connectivity index (χ1v) is 9.39. The van der Waals surface area contributed by atoms with Gasteiger partial charge in [0.15, 0.2) is 0 Å². The van der Waals surface area contributed by atoms with Crippen molar-refractivity contribution in [1.82, 2.24) is 0 Å². The van der Waals surface area contributed by atoms with Crippen LogP contribution in [-0.2, 0) is 0 Å². The van der Waals surface area contributed by atoms with Gasteiger partial charge in [0.2, 0.25) is 0 Å². The summed E-state index contributed by atoms with van der Waals surface area (Å²) in [7, 11) is 0. The molecule has 0 aliphatic heterocycles. The van der Waals surface area contributed by atoms with E-state index < -0.39 is 2.06 Å². The summed E-state index contributed by atoms with van der Waals surface area (Å²) in [5.74, 6) is 0. The number of rotatable bonds is 0. The van der Waals surface area contributed by atoms with Crippen molar-refractivity contribution in [2.45, 2.75) is 0 Å². The van der Waals surface area contributed by atoms with Crippen LogP contribution in [-0.4, -0.2) is 0 Å². The Bertz CT molecular complexity index is 104. The molecule has 0 aliphatic rings. The molecule has 0 aromatic heterocycles. The first-order chi connectivity index (χ1) is 3.45. The maximum Gasteiger partial charge on any atom is 1.00 e. The van der Waals surface area contributed by atoms with Crippen LogP contribution >= 0.6 is 69.5 Å². The van der Waals surface area contributed by atoms with E-state index in [2.05, 4.69) is 6.57 Å². The van der Waals surface area contributed by atoms with E-state index in [-0.39, 0.29) is 1.43 Å². The monoisotopic (exact) mass is 269 g/mol. The summed E-state index contributed by atoms with van der Waals surface area (Å²) in [6, 6.07) is 0. The van der Waals surface area contributed by atoms with E-state index in [4.69, 9.17) is 72.7 Å². The predicted molar refractivity (Wildman–Crippen MR) is 49.8 cm³/mol. The van der Waals surface area contributed by atoms with Gasteiger partial charge in [-0.15, -0.1) is 0 Å². The molecule has 0 aromatic carbocycles. The molecule has 0 radical (unpaired) electrons. The Kier molecular flexibility index (Phi) is 3.85. The van der Waals surface area contributed by atoms with Crippen LogP contribution in [0.15, 0.2) is 0 Å². The second-order valence-electron chi connectivity index (χ2n) is 0.958. The topological polar surface area (TPSA) is 23.8 Å². The van der Waals surface area contributed by atoms with Crippen molar-refractivity contribution in [1.29, 1.82) is 5.26 Å². The normalized spacial score (nSPS) is 18.2. The Balaban J connectivity index is -0.000000149. The molecule has 0 saturated heterocycles. The van der Waals surface area contributed by atoms with Crippen LogP contribution in [0.3, 0.4) is 0 Å². The van der Waals surface area contributed by atoms with Crippen LogP contribution in [0.5, 0.6) is 0 Å². The fourth-order valence-electron chi connectivity index (χ4n) is 0. The number of nitrogens with zero attached hydrogens (tertiary/aromatic N) is 1. The molecule has 0 atom stereocenters. The maximum atomic E-state index is 6.50. The number of hydrogen-bond acceptors (Lipinski definition) is 1. The van der Waals surface area contributed by atoms with Gasteiger partial charge in [-0.1, -0.05) is 0 Å². The third kappa shape index (κ3) is 206. The van der Waals surface area contributed by atoms with E-state index in [1.807, 2.05) is 0 Å². The second-order valence-corrected chi connectivity index (χ2v) is 25.9. The second kappa shape index (κ2) is 2.61. The molecule has 0 amide bonds. The van der Waals surface area contributed by atoms with Crippen LogP contribution in [0.1, 0.15) is 1.43 Å². The Hall–Kier alpha value is 1.66. The summed E-state index contributed by atoms with van der Waals surface area (Å²) in [6.07, 6.45) is 0. The van der Waals surface area contributed by atoms with E-state index in [0.29, 0.717) is 0 Å².